The van der Waals surface area contributed by atoms with Gasteiger partial charge in [-0.25, -0.2) is 4.39 Å². The maximum atomic E-state index is 13.6. The van der Waals surface area contributed by atoms with Crippen LogP contribution in [-0.4, -0.2) is 32.8 Å². The van der Waals surface area contributed by atoms with E-state index in [1.54, 1.807) is 12.1 Å². The van der Waals surface area contributed by atoms with Gasteiger partial charge in [-0.3, -0.25) is 14.6 Å². The molecule has 1 fully saturated rings. The second-order valence-electron chi connectivity index (χ2n) is 9.26. The largest absolute Gasteiger partial charge is 0.298 e. The molecule has 0 bridgehead atoms. The number of nitrogens with zero attached hydrogens (tertiary/aromatic N) is 4. The first-order valence-corrected chi connectivity index (χ1v) is 11.3. The van der Waals surface area contributed by atoms with Crippen LogP contribution in [0.1, 0.15) is 71.7 Å². The molecule has 0 radical (unpaired) electrons. The van der Waals surface area contributed by atoms with Gasteiger partial charge in [0.25, 0.3) is 0 Å². The van der Waals surface area contributed by atoms with Crippen molar-refractivity contribution in [3.8, 4) is 0 Å². The smallest absolute Gasteiger partial charge is 0.123 e. The predicted octanol–water partition coefficient (Wildman–Crippen LogP) is 5.50. The van der Waals surface area contributed by atoms with Crippen LogP contribution in [-0.2, 0) is 13.0 Å². The van der Waals surface area contributed by atoms with Crippen LogP contribution in [0.4, 0.5) is 4.39 Å². The molecule has 0 N–H and O–H groups in total. The Morgan fingerprint density at radius 3 is 2.61 bits per heavy atom. The third-order valence-corrected chi connectivity index (χ3v) is 6.37. The number of likely N-dealkylation sites (tertiary alicyclic amines) is 1. The Hall–Kier alpha value is -2.53. The molecule has 1 atom stereocenters. The third-order valence-electron chi connectivity index (χ3n) is 6.37. The van der Waals surface area contributed by atoms with Crippen molar-refractivity contribution in [1.82, 2.24) is 19.7 Å². The van der Waals surface area contributed by atoms with E-state index < -0.39 is 0 Å². The van der Waals surface area contributed by atoms with E-state index in [4.69, 9.17) is 10.1 Å². The van der Waals surface area contributed by atoms with Gasteiger partial charge in [0, 0.05) is 47.7 Å². The summed E-state index contributed by atoms with van der Waals surface area (Å²) < 4.78 is 15.7. The quantitative estimate of drug-likeness (QED) is 0.528. The lowest BCUT2D eigenvalue weighted by Crippen LogP contribution is -2.21. The molecule has 5 heteroatoms. The summed E-state index contributed by atoms with van der Waals surface area (Å²) >= 11 is 0. The molecule has 1 aromatic carbocycles. The maximum absolute atomic E-state index is 13.6. The van der Waals surface area contributed by atoms with Crippen LogP contribution in [0.25, 0.3) is 0 Å². The lowest BCUT2D eigenvalue weighted by Gasteiger charge is -2.17. The first-order chi connectivity index (χ1) is 14.8. The zero-order valence-corrected chi connectivity index (χ0v) is 19.3. The van der Waals surface area contributed by atoms with E-state index >= 15 is 0 Å². The van der Waals surface area contributed by atoms with Gasteiger partial charge in [-0.05, 0) is 89.4 Å². The molecule has 0 amide bonds. The fraction of sp³-hybridized carbons (Fsp3) is 0.462. The standard InChI is InChI=1S/C26H33FN4/c1-17(2)31-20(5)25(19(4)29-31)16-30-10-9-23(15-30)26-14-22(11-18(3)28-26)12-21-7-6-8-24(27)13-21/h6-8,11,13-14,17,23H,9-10,12,15-16H2,1-5H3/t23-/m0/s1. The Balaban J connectivity index is 1.47. The van der Waals surface area contributed by atoms with E-state index in [1.165, 1.54) is 28.6 Å². The molecule has 31 heavy (non-hydrogen) atoms. The Kier molecular flexibility index (Phi) is 6.24. The highest BCUT2D eigenvalue weighted by Crippen LogP contribution is 2.30. The third kappa shape index (κ3) is 4.87. The lowest BCUT2D eigenvalue weighted by molar-refractivity contribution is 0.324. The van der Waals surface area contributed by atoms with Crippen molar-refractivity contribution in [3.05, 3.63) is 81.7 Å². The summed E-state index contributed by atoms with van der Waals surface area (Å²) in [5.41, 5.74) is 8.18. The molecule has 3 aromatic rings. The van der Waals surface area contributed by atoms with Gasteiger partial charge in [-0.15, -0.1) is 0 Å². The normalized spacial score (nSPS) is 17.1. The minimum atomic E-state index is -0.179. The van der Waals surface area contributed by atoms with Crippen LogP contribution in [0, 0.1) is 26.6 Å². The molecule has 2 aromatic heterocycles. The molecular formula is C26H33FN4. The molecule has 0 spiro atoms. The van der Waals surface area contributed by atoms with E-state index in [9.17, 15) is 4.39 Å². The molecule has 164 valence electrons. The first-order valence-electron chi connectivity index (χ1n) is 11.3. The molecule has 3 heterocycles. The number of rotatable bonds is 6. The number of aryl methyl sites for hydroxylation is 2. The number of benzene rings is 1. The number of aromatic nitrogens is 3. The highest BCUT2D eigenvalue weighted by molar-refractivity contribution is 5.31. The van der Waals surface area contributed by atoms with Gasteiger partial charge in [0.2, 0.25) is 0 Å². The van der Waals surface area contributed by atoms with E-state index in [0.717, 1.165) is 49.4 Å². The zero-order chi connectivity index (χ0) is 22.1. The molecule has 0 unspecified atom stereocenters. The molecular weight excluding hydrogens is 387 g/mol. The zero-order valence-electron chi connectivity index (χ0n) is 19.3. The van der Waals surface area contributed by atoms with Crippen molar-refractivity contribution in [1.29, 1.82) is 0 Å². The van der Waals surface area contributed by atoms with Crippen LogP contribution in [0.5, 0.6) is 0 Å². The average Bonchev–Trinajstić information content (AvgIpc) is 3.28. The SMILES string of the molecule is Cc1cc(Cc2cccc(F)c2)cc([C@H]2CCN(Cc3c(C)nn(C(C)C)c3C)C2)n1. The summed E-state index contributed by atoms with van der Waals surface area (Å²) in [6.07, 6.45) is 1.85. The van der Waals surface area contributed by atoms with Gasteiger partial charge < -0.3 is 0 Å². The average molecular weight is 421 g/mol. The van der Waals surface area contributed by atoms with Crippen LogP contribution in [0.3, 0.4) is 0 Å². The van der Waals surface area contributed by atoms with Crippen molar-refractivity contribution < 1.29 is 4.39 Å². The number of halogens is 1. The minimum absolute atomic E-state index is 0.179. The van der Waals surface area contributed by atoms with Crippen LogP contribution in [0.2, 0.25) is 0 Å². The fourth-order valence-corrected chi connectivity index (χ4v) is 4.83. The molecule has 1 saturated heterocycles. The number of pyridine rings is 1. The topological polar surface area (TPSA) is 34.0 Å². The van der Waals surface area contributed by atoms with Crippen molar-refractivity contribution in [2.24, 2.45) is 0 Å². The molecule has 4 rings (SSSR count). The minimum Gasteiger partial charge on any atom is -0.298 e. The summed E-state index contributed by atoms with van der Waals surface area (Å²) in [4.78, 5) is 7.39. The Labute approximate surface area is 185 Å². The number of hydrogen-bond donors (Lipinski definition) is 0. The van der Waals surface area contributed by atoms with Crippen LogP contribution < -0.4 is 0 Å². The molecule has 0 aliphatic carbocycles. The van der Waals surface area contributed by atoms with E-state index in [1.807, 2.05) is 6.07 Å². The van der Waals surface area contributed by atoms with Gasteiger partial charge >= 0.3 is 0 Å². The van der Waals surface area contributed by atoms with E-state index in [0.29, 0.717) is 12.0 Å². The van der Waals surface area contributed by atoms with Gasteiger partial charge in [0.05, 0.1) is 5.69 Å². The van der Waals surface area contributed by atoms with Gasteiger partial charge in [-0.2, -0.15) is 5.10 Å². The highest BCUT2D eigenvalue weighted by atomic mass is 19.1. The van der Waals surface area contributed by atoms with Crippen molar-refractivity contribution >= 4 is 0 Å². The van der Waals surface area contributed by atoms with Crippen LogP contribution >= 0.6 is 0 Å². The predicted molar refractivity (Wildman–Crippen MR) is 123 cm³/mol. The highest BCUT2D eigenvalue weighted by Gasteiger charge is 2.27. The van der Waals surface area contributed by atoms with Gasteiger partial charge in [-0.1, -0.05) is 12.1 Å². The van der Waals surface area contributed by atoms with Gasteiger partial charge in [0.15, 0.2) is 0 Å². The second kappa shape index (κ2) is 8.91. The Morgan fingerprint density at radius 2 is 1.90 bits per heavy atom. The summed E-state index contributed by atoms with van der Waals surface area (Å²) in [5.74, 6) is 0.258. The monoisotopic (exact) mass is 420 g/mol. The molecule has 1 aliphatic rings. The number of hydrogen-bond acceptors (Lipinski definition) is 3. The van der Waals surface area contributed by atoms with Gasteiger partial charge in [0.1, 0.15) is 5.82 Å². The van der Waals surface area contributed by atoms with Crippen molar-refractivity contribution in [3.63, 3.8) is 0 Å². The maximum Gasteiger partial charge on any atom is 0.123 e. The molecule has 0 saturated carbocycles. The molecule has 4 nitrogen and oxygen atoms in total. The van der Waals surface area contributed by atoms with Crippen LogP contribution in [0.15, 0.2) is 36.4 Å². The fourth-order valence-electron chi connectivity index (χ4n) is 4.83. The lowest BCUT2D eigenvalue weighted by atomic mass is 9.98. The van der Waals surface area contributed by atoms with Crippen molar-refractivity contribution in [2.75, 3.05) is 13.1 Å². The summed E-state index contributed by atoms with van der Waals surface area (Å²) in [7, 11) is 0. The second-order valence-corrected chi connectivity index (χ2v) is 9.26. The van der Waals surface area contributed by atoms with Crippen molar-refractivity contribution in [2.45, 2.75) is 66.0 Å². The van der Waals surface area contributed by atoms with E-state index in [-0.39, 0.29) is 5.82 Å². The summed E-state index contributed by atoms with van der Waals surface area (Å²) in [6, 6.07) is 11.6. The first kappa shape index (κ1) is 21.7. The Morgan fingerprint density at radius 1 is 1.10 bits per heavy atom. The summed E-state index contributed by atoms with van der Waals surface area (Å²) in [6.45, 7) is 13.8. The summed E-state index contributed by atoms with van der Waals surface area (Å²) in [5, 5.41) is 4.75. The van der Waals surface area contributed by atoms with E-state index in [2.05, 4.69) is 56.3 Å². The molecule has 1 aliphatic heterocycles. The Bertz CT molecular complexity index is 1070.